The molecule has 2 aromatic rings. The van der Waals surface area contributed by atoms with Crippen LogP contribution in [0.1, 0.15) is 56.9 Å². The Morgan fingerprint density at radius 1 is 0.667 bits per heavy atom. The standard InChI is InChI=1S/C41H69N7O9/c42-22-32-31(50)21-30(45)40(54-32)56-37-28(43)20-29(44)38(57-41-36(52)34(46)35(51)33(24-49)55-41)39(37)53-19-8-4-2-1-3-7-14-47-15-17-48(18-16-47)23-26-12-9-11-25-10-5-6-13-27(25)26/h5-6,9-13,28-41,49-52H,1-4,7-8,14-24,42-46H2/t28-,29+,30+,31-,32+,33+,34-,35+,36+,37+,38-,39-,40+,41+/m0/s1. The summed E-state index contributed by atoms with van der Waals surface area (Å²) in [6.07, 6.45) is -3.12. The number of aliphatic hydroxyl groups excluding tert-OH is 4. The average molecular weight is 804 g/mol. The van der Waals surface area contributed by atoms with Crippen LogP contribution in [0.3, 0.4) is 0 Å². The summed E-state index contributed by atoms with van der Waals surface area (Å²) in [7, 11) is 0. The van der Waals surface area contributed by atoms with E-state index in [1.807, 2.05) is 0 Å². The highest BCUT2D eigenvalue weighted by molar-refractivity contribution is 5.85. The molecule has 1 saturated carbocycles. The minimum absolute atomic E-state index is 0.0835. The second-order valence-corrected chi connectivity index (χ2v) is 16.5. The number of nitrogens with zero attached hydrogens (tertiary/aromatic N) is 2. The molecule has 0 unspecified atom stereocenters. The van der Waals surface area contributed by atoms with Crippen LogP contribution in [-0.4, -0.2) is 168 Å². The van der Waals surface area contributed by atoms with Gasteiger partial charge in [0.05, 0.1) is 30.9 Å². The van der Waals surface area contributed by atoms with Crippen LogP contribution in [0.2, 0.25) is 0 Å². The number of hydrogen-bond donors (Lipinski definition) is 9. The van der Waals surface area contributed by atoms with Crippen LogP contribution in [0.5, 0.6) is 0 Å². The van der Waals surface area contributed by atoms with Crippen LogP contribution >= 0.6 is 0 Å². The molecule has 0 amide bonds. The molecule has 0 aromatic heterocycles. The molecule has 3 saturated heterocycles. The van der Waals surface area contributed by atoms with Gasteiger partial charge in [-0.15, -0.1) is 0 Å². The van der Waals surface area contributed by atoms with E-state index in [9.17, 15) is 20.4 Å². The summed E-state index contributed by atoms with van der Waals surface area (Å²) >= 11 is 0. The van der Waals surface area contributed by atoms with Gasteiger partial charge in [-0.05, 0) is 48.6 Å². The van der Waals surface area contributed by atoms with Crippen molar-refractivity contribution in [2.24, 2.45) is 28.7 Å². The maximum atomic E-state index is 10.9. The summed E-state index contributed by atoms with van der Waals surface area (Å²) in [4.78, 5) is 5.16. The summed E-state index contributed by atoms with van der Waals surface area (Å²) in [5, 5.41) is 44.1. The fourth-order valence-electron chi connectivity index (χ4n) is 8.80. The number of rotatable bonds is 18. The highest BCUT2D eigenvalue weighted by Crippen LogP contribution is 2.33. The first-order valence-electron chi connectivity index (χ1n) is 21.1. The lowest BCUT2D eigenvalue weighted by atomic mass is 9.84. The summed E-state index contributed by atoms with van der Waals surface area (Å²) in [5.74, 6) is 0. The van der Waals surface area contributed by atoms with E-state index in [2.05, 4.69) is 52.3 Å². The van der Waals surface area contributed by atoms with Gasteiger partial charge in [0.25, 0.3) is 0 Å². The van der Waals surface area contributed by atoms with Gasteiger partial charge in [0.15, 0.2) is 12.6 Å². The van der Waals surface area contributed by atoms with Gasteiger partial charge in [0, 0.05) is 58.0 Å². The lowest BCUT2D eigenvalue weighted by Gasteiger charge is -2.49. The molecule has 4 aliphatic rings. The van der Waals surface area contributed by atoms with Crippen molar-refractivity contribution in [1.82, 2.24) is 9.80 Å². The molecule has 57 heavy (non-hydrogen) atoms. The van der Waals surface area contributed by atoms with Crippen molar-refractivity contribution >= 4 is 10.8 Å². The van der Waals surface area contributed by atoms with Crippen LogP contribution in [0.25, 0.3) is 10.8 Å². The molecule has 16 nitrogen and oxygen atoms in total. The van der Waals surface area contributed by atoms with Crippen LogP contribution in [-0.2, 0) is 30.2 Å². The Balaban J connectivity index is 0.954. The Kier molecular flexibility index (Phi) is 16.9. The van der Waals surface area contributed by atoms with E-state index in [-0.39, 0.29) is 19.4 Å². The maximum Gasteiger partial charge on any atom is 0.186 e. The van der Waals surface area contributed by atoms with Crippen molar-refractivity contribution in [1.29, 1.82) is 0 Å². The molecule has 0 spiro atoms. The van der Waals surface area contributed by atoms with Crippen molar-refractivity contribution in [2.75, 3.05) is 52.5 Å². The number of unbranched alkanes of at least 4 members (excludes halogenated alkanes) is 5. The van der Waals surface area contributed by atoms with Crippen molar-refractivity contribution in [3.8, 4) is 0 Å². The summed E-state index contributed by atoms with van der Waals surface area (Å²) in [6.45, 7) is 6.42. The van der Waals surface area contributed by atoms with E-state index < -0.39 is 92.2 Å². The lowest BCUT2D eigenvalue weighted by Crippen LogP contribution is -2.68. The third-order valence-corrected chi connectivity index (χ3v) is 12.3. The molecular formula is C41H69N7O9. The molecule has 16 heteroatoms. The smallest absolute Gasteiger partial charge is 0.186 e. The maximum absolute atomic E-state index is 10.9. The zero-order valence-corrected chi connectivity index (χ0v) is 33.3. The largest absolute Gasteiger partial charge is 0.394 e. The van der Waals surface area contributed by atoms with E-state index in [1.54, 1.807) is 0 Å². The zero-order chi connectivity index (χ0) is 40.5. The molecule has 0 bridgehead atoms. The van der Waals surface area contributed by atoms with E-state index in [0.29, 0.717) is 6.61 Å². The van der Waals surface area contributed by atoms with E-state index >= 15 is 0 Å². The summed E-state index contributed by atoms with van der Waals surface area (Å²) in [5.41, 5.74) is 32.9. The van der Waals surface area contributed by atoms with Gasteiger partial charge >= 0.3 is 0 Å². The molecule has 322 valence electrons. The van der Waals surface area contributed by atoms with Crippen LogP contribution < -0.4 is 28.7 Å². The predicted octanol–water partition coefficient (Wildman–Crippen LogP) is -0.960. The zero-order valence-electron chi connectivity index (χ0n) is 33.3. The summed E-state index contributed by atoms with van der Waals surface area (Å²) in [6, 6.07) is 12.2. The number of piperazine rings is 1. The first-order valence-corrected chi connectivity index (χ1v) is 21.1. The van der Waals surface area contributed by atoms with E-state index in [0.717, 1.165) is 65.0 Å². The third kappa shape index (κ3) is 11.5. The number of fused-ring (bicyclic) bond motifs is 1. The Hall–Kier alpha value is -1.94. The SMILES string of the molecule is NC[C@H]1O[C@H](O[C@H]2[C@H](OCCCCCCCCN3CCN(Cc4cccc5ccccc45)CC3)[C@@H](O[C@H]3O[C@H](CO)[C@@H](O)[C@H](N)[C@H]3O)[C@H](N)C[C@@H]2N)[C@H](N)C[C@@H]1O. The molecule has 2 aromatic carbocycles. The fourth-order valence-corrected chi connectivity index (χ4v) is 8.80. The number of hydrogen-bond acceptors (Lipinski definition) is 16. The molecule has 1 aliphatic carbocycles. The third-order valence-electron chi connectivity index (χ3n) is 12.3. The van der Waals surface area contributed by atoms with Gasteiger partial charge in [-0.2, -0.15) is 0 Å². The van der Waals surface area contributed by atoms with Gasteiger partial charge in [0.2, 0.25) is 0 Å². The Bertz CT molecular complexity index is 1490. The van der Waals surface area contributed by atoms with Crippen LogP contribution in [0.4, 0.5) is 0 Å². The van der Waals surface area contributed by atoms with Crippen molar-refractivity contribution in [2.45, 2.75) is 143 Å². The number of aliphatic hydroxyl groups is 4. The Labute approximate surface area is 336 Å². The normalized spacial score (nSPS) is 37.1. The van der Waals surface area contributed by atoms with Gasteiger partial charge in [-0.1, -0.05) is 68.1 Å². The molecule has 14 atom stereocenters. The van der Waals surface area contributed by atoms with Crippen LogP contribution in [0.15, 0.2) is 42.5 Å². The number of benzene rings is 2. The highest BCUT2D eigenvalue weighted by atomic mass is 16.7. The highest BCUT2D eigenvalue weighted by Gasteiger charge is 2.51. The van der Waals surface area contributed by atoms with E-state index in [1.165, 1.54) is 29.2 Å². The molecular weight excluding hydrogens is 734 g/mol. The quantitative estimate of drug-likeness (QED) is 0.0822. The van der Waals surface area contributed by atoms with Crippen molar-refractivity contribution in [3.63, 3.8) is 0 Å². The van der Waals surface area contributed by atoms with Gasteiger partial charge in [0.1, 0.15) is 36.6 Å². The Morgan fingerprint density at radius 3 is 2.02 bits per heavy atom. The first kappa shape index (κ1) is 44.6. The number of ether oxygens (including phenoxy) is 5. The molecule has 6 rings (SSSR count). The minimum Gasteiger partial charge on any atom is -0.394 e. The topological polar surface area (TPSA) is 264 Å². The van der Waals surface area contributed by atoms with Crippen molar-refractivity contribution in [3.05, 3.63) is 48.0 Å². The molecule has 3 heterocycles. The predicted molar refractivity (Wildman–Crippen MR) is 215 cm³/mol. The van der Waals surface area contributed by atoms with Crippen molar-refractivity contribution < 1.29 is 44.1 Å². The molecule has 14 N–H and O–H groups in total. The second kappa shape index (κ2) is 21.5. The minimum atomic E-state index is -1.40. The van der Waals surface area contributed by atoms with Gasteiger partial charge in [-0.3, -0.25) is 4.90 Å². The van der Waals surface area contributed by atoms with Crippen LogP contribution in [0, 0.1) is 0 Å². The first-order chi connectivity index (χ1) is 27.6. The Morgan fingerprint density at radius 2 is 1.30 bits per heavy atom. The summed E-state index contributed by atoms with van der Waals surface area (Å²) < 4.78 is 30.9. The second-order valence-electron chi connectivity index (χ2n) is 16.5. The average Bonchev–Trinajstić information content (AvgIpc) is 3.21. The van der Waals surface area contributed by atoms with Gasteiger partial charge in [-0.25, -0.2) is 0 Å². The molecule has 3 aliphatic heterocycles. The molecule has 4 fully saturated rings. The van der Waals surface area contributed by atoms with E-state index in [4.69, 9.17) is 52.4 Å². The lowest BCUT2D eigenvalue weighted by molar-refractivity contribution is -0.318. The van der Waals surface area contributed by atoms with Gasteiger partial charge < -0.3 is 77.7 Å². The fraction of sp³-hybridized carbons (Fsp3) is 0.756. The number of nitrogens with two attached hydrogens (primary N) is 5. The monoisotopic (exact) mass is 804 g/mol. The molecule has 0 radical (unpaired) electrons.